The van der Waals surface area contributed by atoms with Gasteiger partial charge in [0, 0.05) is 24.0 Å². The van der Waals surface area contributed by atoms with Crippen LogP contribution in [0, 0.1) is 6.92 Å². The van der Waals surface area contributed by atoms with Gasteiger partial charge in [0.2, 0.25) is 5.88 Å². The molecule has 0 unspecified atom stereocenters. The number of nitrogens with zero attached hydrogens (tertiary/aromatic N) is 2. The smallest absolute Gasteiger partial charge is 0.417 e. The number of carbonyl (C=O) groups is 1. The van der Waals surface area contributed by atoms with Gasteiger partial charge in [0.25, 0.3) is 5.91 Å². The molecular formula is C19H14F3N3O2. The molecule has 2 aromatic heterocycles. The molecule has 0 radical (unpaired) electrons. The van der Waals surface area contributed by atoms with Gasteiger partial charge in [-0.2, -0.15) is 13.2 Å². The molecule has 0 spiro atoms. The maximum absolute atomic E-state index is 12.5. The van der Waals surface area contributed by atoms with Crippen molar-refractivity contribution in [1.29, 1.82) is 0 Å². The lowest BCUT2D eigenvalue weighted by Gasteiger charge is -2.09. The van der Waals surface area contributed by atoms with Gasteiger partial charge >= 0.3 is 6.18 Å². The number of hydrogen-bond acceptors (Lipinski definition) is 4. The van der Waals surface area contributed by atoms with Gasteiger partial charge in [0.05, 0.1) is 5.56 Å². The Hall–Kier alpha value is -3.42. The molecule has 0 aliphatic rings. The number of halogens is 3. The summed E-state index contributed by atoms with van der Waals surface area (Å²) < 4.78 is 43.0. The number of nitrogens with one attached hydrogen (secondary N) is 1. The minimum absolute atomic E-state index is 0.0179. The molecule has 5 nitrogen and oxygen atoms in total. The normalized spacial score (nSPS) is 11.1. The fourth-order valence-electron chi connectivity index (χ4n) is 2.20. The second-order valence-corrected chi connectivity index (χ2v) is 5.63. The number of carbonyl (C=O) groups excluding carboxylic acids is 1. The first-order chi connectivity index (χ1) is 12.8. The summed E-state index contributed by atoms with van der Waals surface area (Å²) in [7, 11) is 0. The summed E-state index contributed by atoms with van der Waals surface area (Å²) in [5, 5.41) is 2.71. The zero-order valence-corrected chi connectivity index (χ0v) is 14.1. The molecule has 1 N–H and O–H groups in total. The predicted octanol–water partition coefficient (Wildman–Crippen LogP) is 4.85. The number of aromatic nitrogens is 2. The third kappa shape index (κ3) is 4.60. The van der Waals surface area contributed by atoms with Crippen LogP contribution in [0.1, 0.15) is 21.5 Å². The van der Waals surface area contributed by atoms with Crippen LogP contribution in [0.2, 0.25) is 0 Å². The first kappa shape index (κ1) is 18.4. The minimum Gasteiger partial charge on any atom is -0.439 e. The first-order valence-electron chi connectivity index (χ1n) is 7.87. The molecule has 0 aliphatic carbocycles. The Morgan fingerprint density at radius 3 is 2.37 bits per heavy atom. The van der Waals surface area contributed by atoms with Crippen LogP contribution in [-0.4, -0.2) is 15.9 Å². The maximum atomic E-state index is 12.5. The monoisotopic (exact) mass is 373 g/mol. The number of hydrogen-bond donors (Lipinski definition) is 1. The fourth-order valence-corrected chi connectivity index (χ4v) is 2.20. The van der Waals surface area contributed by atoms with Gasteiger partial charge in [0.1, 0.15) is 11.6 Å². The van der Waals surface area contributed by atoms with Gasteiger partial charge in [-0.1, -0.05) is 6.07 Å². The van der Waals surface area contributed by atoms with E-state index in [2.05, 4.69) is 15.3 Å². The van der Waals surface area contributed by atoms with Crippen molar-refractivity contribution >= 4 is 11.7 Å². The summed E-state index contributed by atoms with van der Waals surface area (Å²) in [6.45, 7) is 1.83. The van der Waals surface area contributed by atoms with E-state index >= 15 is 0 Å². The Bertz CT molecular complexity index is 940. The Balaban J connectivity index is 1.66. The van der Waals surface area contributed by atoms with Crippen molar-refractivity contribution in [2.45, 2.75) is 13.1 Å². The SMILES string of the molecule is Cc1cccnc1NC(=O)c1ccc(Oc2ccc(C(F)(F)F)cn2)cc1. The molecule has 3 rings (SSSR count). The molecule has 138 valence electrons. The molecule has 0 bridgehead atoms. The summed E-state index contributed by atoms with van der Waals surface area (Å²) in [6.07, 6.45) is -2.17. The van der Waals surface area contributed by atoms with Crippen LogP contribution in [0.25, 0.3) is 0 Å². The van der Waals surface area contributed by atoms with E-state index in [1.54, 1.807) is 12.3 Å². The number of rotatable bonds is 4. The zero-order valence-electron chi connectivity index (χ0n) is 14.1. The zero-order chi connectivity index (χ0) is 19.4. The average molecular weight is 373 g/mol. The molecule has 0 fully saturated rings. The molecule has 0 saturated heterocycles. The Kier molecular flexibility index (Phi) is 5.07. The van der Waals surface area contributed by atoms with Gasteiger partial charge in [-0.25, -0.2) is 9.97 Å². The number of aryl methyl sites for hydroxylation is 1. The fraction of sp³-hybridized carbons (Fsp3) is 0.105. The van der Waals surface area contributed by atoms with Crippen molar-refractivity contribution in [1.82, 2.24) is 9.97 Å². The highest BCUT2D eigenvalue weighted by Gasteiger charge is 2.30. The number of ether oxygens (including phenoxy) is 1. The molecular weight excluding hydrogens is 359 g/mol. The molecule has 1 amide bonds. The van der Waals surface area contributed by atoms with E-state index in [0.717, 1.165) is 17.7 Å². The quantitative estimate of drug-likeness (QED) is 0.710. The van der Waals surface area contributed by atoms with E-state index in [9.17, 15) is 18.0 Å². The number of benzene rings is 1. The minimum atomic E-state index is -4.45. The van der Waals surface area contributed by atoms with E-state index in [1.165, 1.54) is 24.3 Å². The van der Waals surface area contributed by atoms with Crippen LogP contribution in [0.5, 0.6) is 11.6 Å². The molecule has 0 aliphatic heterocycles. The summed E-state index contributed by atoms with van der Waals surface area (Å²) in [5.74, 6) is 0.491. The lowest BCUT2D eigenvalue weighted by Crippen LogP contribution is -2.13. The molecule has 0 atom stereocenters. The highest BCUT2D eigenvalue weighted by atomic mass is 19.4. The molecule has 0 saturated carbocycles. The summed E-state index contributed by atoms with van der Waals surface area (Å²) in [5.41, 5.74) is 0.360. The number of alkyl halides is 3. The maximum Gasteiger partial charge on any atom is 0.417 e. The molecule has 1 aromatic carbocycles. The van der Waals surface area contributed by atoms with Gasteiger partial charge in [-0.3, -0.25) is 4.79 Å². The van der Waals surface area contributed by atoms with Crippen molar-refractivity contribution in [2.24, 2.45) is 0 Å². The van der Waals surface area contributed by atoms with Crippen LogP contribution < -0.4 is 10.1 Å². The lowest BCUT2D eigenvalue weighted by atomic mass is 10.2. The van der Waals surface area contributed by atoms with Gasteiger partial charge in [0.15, 0.2) is 0 Å². The van der Waals surface area contributed by atoms with Gasteiger partial charge in [-0.15, -0.1) is 0 Å². The van der Waals surface area contributed by atoms with E-state index in [4.69, 9.17) is 4.74 Å². The molecule has 8 heteroatoms. The summed E-state index contributed by atoms with van der Waals surface area (Å²) in [4.78, 5) is 20.0. The van der Waals surface area contributed by atoms with Crippen LogP contribution in [0.4, 0.5) is 19.0 Å². The van der Waals surface area contributed by atoms with E-state index < -0.39 is 11.7 Å². The third-order valence-electron chi connectivity index (χ3n) is 3.64. The second-order valence-electron chi connectivity index (χ2n) is 5.63. The van der Waals surface area contributed by atoms with Crippen molar-refractivity contribution in [2.75, 3.05) is 5.32 Å². The van der Waals surface area contributed by atoms with Crippen molar-refractivity contribution in [3.05, 3.63) is 77.6 Å². The number of pyridine rings is 2. The van der Waals surface area contributed by atoms with E-state index in [-0.39, 0.29) is 11.8 Å². The van der Waals surface area contributed by atoms with Gasteiger partial charge in [-0.05, 0) is 48.9 Å². The van der Waals surface area contributed by atoms with Crippen LogP contribution in [0.3, 0.4) is 0 Å². The molecule has 3 aromatic rings. The Morgan fingerprint density at radius 1 is 1.04 bits per heavy atom. The van der Waals surface area contributed by atoms with Gasteiger partial charge < -0.3 is 10.1 Å². The standard InChI is InChI=1S/C19H14F3N3O2/c1-12-3-2-10-23-17(12)25-18(26)13-4-7-15(8-5-13)27-16-9-6-14(11-24-16)19(20,21)22/h2-11H,1H3,(H,23,25,26). The van der Waals surface area contributed by atoms with Crippen molar-refractivity contribution in [3.8, 4) is 11.6 Å². The van der Waals surface area contributed by atoms with Crippen LogP contribution >= 0.6 is 0 Å². The topological polar surface area (TPSA) is 64.1 Å². The molecule has 27 heavy (non-hydrogen) atoms. The highest BCUT2D eigenvalue weighted by molar-refractivity contribution is 6.04. The van der Waals surface area contributed by atoms with Crippen LogP contribution in [0.15, 0.2) is 60.9 Å². The summed E-state index contributed by atoms with van der Waals surface area (Å²) >= 11 is 0. The van der Waals surface area contributed by atoms with E-state index in [0.29, 0.717) is 23.3 Å². The second kappa shape index (κ2) is 7.45. The Labute approximate surface area is 152 Å². The third-order valence-corrected chi connectivity index (χ3v) is 3.64. The van der Waals surface area contributed by atoms with Crippen molar-refractivity contribution < 1.29 is 22.7 Å². The average Bonchev–Trinajstić information content (AvgIpc) is 2.64. The highest BCUT2D eigenvalue weighted by Crippen LogP contribution is 2.30. The van der Waals surface area contributed by atoms with Crippen LogP contribution in [-0.2, 0) is 6.18 Å². The number of anilines is 1. The first-order valence-corrected chi connectivity index (χ1v) is 7.87. The Morgan fingerprint density at radius 2 is 1.78 bits per heavy atom. The largest absolute Gasteiger partial charge is 0.439 e. The predicted molar refractivity (Wildman–Crippen MR) is 92.7 cm³/mol. The van der Waals surface area contributed by atoms with E-state index in [1.807, 2.05) is 13.0 Å². The lowest BCUT2D eigenvalue weighted by molar-refractivity contribution is -0.137. The van der Waals surface area contributed by atoms with Crippen molar-refractivity contribution in [3.63, 3.8) is 0 Å². The summed E-state index contributed by atoms with van der Waals surface area (Å²) in [6, 6.07) is 11.7. The molecule has 2 heterocycles. The number of amides is 1.